The van der Waals surface area contributed by atoms with Crippen molar-refractivity contribution in [3.8, 4) is 0 Å². The van der Waals surface area contributed by atoms with Crippen molar-refractivity contribution in [2.45, 2.75) is 6.92 Å². The van der Waals surface area contributed by atoms with E-state index in [0.717, 1.165) is 18.5 Å². The van der Waals surface area contributed by atoms with E-state index in [4.69, 9.17) is 5.73 Å². The maximum atomic E-state index is 10.8. The highest BCUT2D eigenvalue weighted by molar-refractivity contribution is 8.37. The highest BCUT2D eigenvalue weighted by atomic mass is 32.2. The van der Waals surface area contributed by atoms with Gasteiger partial charge in [0.2, 0.25) is 0 Å². The third kappa shape index (κ3) is 6.41. The van der Waals surface area contributed by atoms with E-state index in [-0.39, 0.29) is 4.45 Å². The fourth-order valence-electron chi connectivity index (χ4n) is 0.303. The monoisotopic (exact) mass is 180 g/mol. The van der Waals surface area contributed by atoms with E-state index in [2.05, 4.69) is 4.72 Å². The molecular weight excluding hydrogens is 168 g/mol. The van der Waals surface area contributed by atoms with Crippen molar-refractivity contribution < 1.29 is 4.79 Å². The quantitative estimate of drug-likeness (QED) is 0.633. The topological polar surface area (TPSA) is 55.1 Å². The van der Waals surface area contributed by atoms with Crippen LogP contribution in [0.5, 0.6) is 0 Å². The lowest BCUT2D eigenvalue weighted by molar-refractivity contribution is 0.276. The number of nitrogens with two attached hydrogens (primary N) is 1. The van der Waals surface area contributed by atoms with Crippen LogP contribution in [0.15, 0.2) is 0 Å². The van der Waals surface area contributed by atoms with E-state index in [0.29, 0.717) is 12.3 Å². The standard InChI is InChI=1S/C5H12N2OS2/c1-2-7-10-5(8)9-4-3-6/h7H,2-4,6H2,1H3. The third-order valence-electron chi connectivity index (χ3n) is 0.638. The van der Waals surface area contributed by atoms with Gasteiger partial charge in [0.1, 0.15) is 0 Å². The van der Waals surface area contributed by atoms with Gasteiger partial charge < -0.3 is 5.73 Å². The third-order valence-corrected chi connectivity index (χ3v) is 2.52. The Morgan fingerprint density at radius 3 is 2.90 bits per heavy atom. The number of rotatable bonds is 4. The minimum Gasteiger partial charge on any atom is -0.330 e. The van der Waals surface area contributed by atoms with E-state index in [9.17, 15) is 4.79 Å². The van der Waals surface area contributed by atoms with Crippen molar-refractivity contribution in [2.75, 3.05) is 18.8 Å². The summed E-state index contributed by atoms with van der Waals surface area (Å²) in [6, 6.07) is 0. The average molecular weight is 180 g/mol. The molecule has 0 fully saturated rings. The van der Waals surface area contributed by atoms with Crippen molar-refractivity contribution in [3.63, 3.8) is 0 Å². The van der Waals surface area contributed by atoms with E-state index >= 15 is 0 Å². The molecule has 0 unspecified atom stereocenters. The predicted molar refractivity (Wildman–Crippen MR) is 48.2 cm³/mol. The molecule has 0 bridgehead atoms. The highest BCUT2D eigenvalue weighted by Crippen LogP contribution is 2.11. The van der Waals surface area contributed by atoms with Crippen LogP contribution in [0.25, 0.3) is 0 Å². The molecule has 0 aliphatic carbocycles. The van der Waals surface area contributed by atoms with Crippen molar-refractivity contribution >= 4 is 28.2 Å². The van der Waals surface area contributed by atoms with Crippen LogP contribution in [0.3, 0.4) is 0 Å². The Hall–Kier alpha value is 0.290. The van der Waals surface area contributed by atoms with Gasteiger partial charge >= 0.3 is 0 Å². The second-order valence-electron chi connectivity index (χ2n) is 1.49. The predicted octanol–water partition coefficient (Wildman–Crippen LogP) is 1.06. The maximum Gasteiger partial charge on any atom is 0.260 e. The van der Waals surface area contributed by atoms with Crippen LogP contribution >= 0.6 is 23.7 Å². The molecule has 0 rings (SSSR count). The number of carbonyl (C=O) groups is 1. The van der Waals surface area contributed by atoms with Crippen molar-refractivity contribution in [3.05, 3.63) is 0 Å². The second kappa shape index (κ2) is 7.40. The summed E-state index contributed by atoms with van der Waals surface area (Å²) in [4.78, 5) is 10.8. The first-order valence-corrected chi connectivity index (χ1v) is 4.88. The number of carbonyl (C=O) groups excluding carboxylic acids is 1. The summed E-state index contributed by atoms with van der Waals surface area (Å²) >= 11 is 2.39. The fraction of sp³-hybridized carbons (Fsp3) is 0.800. The molecule has 0 saturated heterocycles. The van der Waals surface area contributed by atoms with Crippen LogP contribution in [-0.2, 0) is 0 Å². The first kappa shape index (κ1) is 10.3. The van der Waals surface area contributed by atoms with E-state index in [1.807, 2.05) is 6.92 Å². The van der Waals surface area contributed by atoms with Crippen molar-refractivity contribution in [1.29, 1.82) is 0 Å². The minimum atomic E-state index is 0.0901. The van der Waals surface area contributed by atoms with Gasteiger partial charge in [0.15, 0.2) is 0 Å². The van der Waals surface area contributed by atoms with E-state index < -0.39 is 0 Å². The Balaban J connectivity index is 3.09. The van der Waals surface area contributed by atoms with Crippen LogP contribution in [-0.4, -0.2) is 23.3 Å². The molecule has 3 N–H and O–H groups in total. The molecule has 0 aliphatic heterocycles. The summed E-state index contributed by atoms with van der Waals surface area (Å²) in [7, 11) is 0. The minimum absolute atomic E-state index is 0.0901. The zero-order chi connectivity index (χ0) is 7.82. The number of thioether (sulfide) groups is 1. The molecule has 5 heteroatoms. The molecule has 3 nitrogen and oxygen atoms in total. The molecule has 0 amide bonds. The lowest BCUT2D eigenvalue weighted by Crippen LogP contribution is -2.06. The van der Waals surface area contributed by atoms with Gasteiger partial charge in [0, 0.05) is 30.8 Å². The lowest BCUT2D eigenvalue weighted by Gasteiger charge is -1.96. The van der Waals surface area contributed by atoms with Crippen LogP contribution in [0.4, 0.5) is 4.79 Å². The van der Waals surface area contributed by atoms with Crippen LogP contribution in [0, 0.1) is 0 Å². The summed E-state index contributed by atoms with van der Waals surface area (Å²) in [5, 5.41) is 0. The van der Waals surface area contributed by atoms with Crippen LogP contribution < -0.4 is 10.5 Å². The molecule has 0 aromatic rings. The molecule has 0 saturated carbocycles. The Morgan fingerprint density at radius 1 is 1.70 bits per heavy atom. The van der Waals surface area contributed by atoms with Gasteiger partial charge in [-0.15, -0.1) is 0 Å². The Labute approximate surface area is 69.6 Å². The first-order chi connectivity index (χ1) is 4.81. The number of hydrogen-bond acceptors (Lipinski definition) is 5. The summed E-state index contributed by atoms with van der Waals surface area (Å²) in [6.45, 7) is 3.32. The SMILES string of the molecule is CCNSC(=O)SCCN. The molecule has 0 spiro atoms. The van der Waals surface area contributed by atoms with Gasteiger partial charge in [-0.25, -0.2) is 0 Å². The van der Waals surface area contributed by atoms with Gasteiger partial charge in [0.05, 0.1) is 0 Å². The molecule has 0 heterocycles. The van der Waals surface area contributed by atoms with Gasteiger partial charge in [-0.2, -0.15) is 0 Å². The Kier molecular flexibility index (Phi) is 7.61. The molecule has 0 aliphatic rings. The summed E-state index contributed by atoms with van der Waals surface area (Å²) in [5.41, 5.74) is 5.20. The molecule has 10 heavy (non-hydrogen) atoms. The number of hydrogen-bond donors (Lipinski definition) is 2. The van der Waals surface area contributed by atoms with E-state index in [1.54, 1.807) is 0 Å². The zero-order valence-corrected chi connectivity index (χ0v) is 7.56. The molecule has 0 aromatic heterocycles. The summed E-state index contributed by atoms with van der Waals surface area (Å²) in [6.07, 6.45) is 0. The number of nitrogens with one attached hydrogen (secondary N) is 1. The summed E-state index contributed by atoms with van der Waals surface area (Å²) in [5.74, 6) is 0.706. The normalized spacial score (nSPS) is 9.80. The van der Waals surface area contributed by atoms with E-state index in [1.165, 1.54) is 11.8 Å². The van der Waals surface area contributed by atoms with Crippen LogP contribution in [0.2, 0.25) is 0 Å². The van der Waals surface area contributed by atoms with Gasteiger partial charge in [-0.05, 0) is 0 Å². The largest absolute Gasteiger partial charge is 0.330 e. The fourth-order valence-corrected chi connectivity index (χ4v) is 1.51. The lowest BCUT2D eigenvalue weighted by atomic mass is 10.8. The molecular formula is C5H12N2OS2. The van der Waals surface area contributed by atoms with Gasteiger partial charge in [0.25, 0.3) is 4.45 Å². The average Bonchev–Trinajstić information content (AvgIpc) is 1.97. The first-order valence-electron chi connectivity index (χ1n) is 3.07. The molecule has 60 valence electrons. The Morgan fingerprint density at radius 2 is 2.40 bits per heavy atom. The second-order valence-corrected chi connectivity index (χ2v) is 3.68. The van der Waals surface area contributed by atoms with Crippen molar-refractivity contribution in [2.24, 2.45) is 5.73 Å². The zero-order valence-electron chi connectivity index (χ0n) is 5.92. The van der Waals surface area contributed by atoms with Gasteiger partial charge in [-0.3, -0.25) is 9.52 Å². The van der Waals surface area contributed by atoms with Crippen molar-refractivity contribution in [1.82, 2.24) is 4.72 Å². The molecule has 0 atom stereocenters. The Bertz CT molecular complexity index is 89.6. The highest BCUT2D eigenvalue weighted by Gasteiger charge is 1.99. The van der Waals surface area contributed by atoms with Crippen LogP contribution in [0.1, 0.15) is 6.92 Å². The maximum absolute atomic E-state index is 10.8. The van der Waals surface area contributed by atoms with Gasteiger partial charge in [-0.1, -0.05) is 18.7 Å². The molecule has 0 aromatic carbocycles. The smallest absolute Gasteiger partial charge is 0.260 e. The molecule has 0 radical (unpaired) electrons. The summed E-state index contributed by atoms with van der Waals surface area (Å²) < 4.78 is 2.95.